The Morgan fingerprint density at radius 3 is 1.54 bits per heavy atom. The highest BCUT2D eigenvalue weighted by molar-refractivity contribution is 5.17. The van der Waals surface area contributed by atoms with Crippen molar-refractivity contribution in [2.45, 2.75) is 62.5 Å². The molecule has 24 heavy (non-hydrogen) atoms. The van der Waals surface area contributed by atoms with E-state index in [2.05, 4.69) is 0 Å². The predicted octanol–water partition coefficient (Wildman–Crippen LogP) is 6.52. The number of alkyl halides is 11. The van der Waals surface area contributed by atoms with Crippen molar-refractivity contribution in [3.63, 3.8) is 0 Å². The summed E-state index contributed by atoms with van der Waals surface area (Å²) in [4.78, 5) is 0. The molecule has 0 amide bonds. The normalized spacial score (nSPS) is 15.8. The first-order valence-electron chi connectivity index (χ1n) is 6.42. The monoisotopic (exact) mass is 384 g/mol. The van der Waals surface area contributed by atoms with Crippen LogP contribution in [0.1, 0.15) is 32.6 Å². The summed E-state index contributed by atoms with van der Waals surface area (Å²) in [5.41, 5.74) is 0. The van der Waals surface area contributed by atoms with Crippen molar-refractivity contribution in [2.24, 2.45) is 0 Å². The highest BCUT2D eigenvalue weighted by Gasteiger charge is 2.87. The molecule has 0 fully saturated rings. The summed E-state index contributed by atoms with van der Waals surface area (Å²) in [7, 11) is 0. The first-order chi connectivity index (χ1) is 10.5. The Morgan fingerprint density at radius 2 is 1.17 bits per heavy atom. The summed E-state index contributed by atoms with van der Waals surface area (Å²) in [5.74, 6) is -32.2. The summed E-state index contributed by atoms with van der Waals surface area (Å²) < 4.78 is 152. The third kappa shape index (κ3) is 3.76. The second-order valence-corrected chi connectivity index (χ2v) is 4.84. The Balaban J connectivity index is 5.76. The smallest absolute Gasteiger partial charge is 0.205 e. The molecule has 0 heterocycles. The molecule has 0 atom stereocenters. The van der Waals surface area contributed by atoms with Crippen LogP contribution in [0.25, 0.3) is 0 Å². The molecule has 0 saturated carbocycles. The van der Waals surface area contributed by atoms with Crippen LogP contribution in [0.15, 0.2) is 11.9 Å². The fraction of sp³-hybridized carbons (Fsp3) is 0.833. The molecule has 12 heteroatoms. The Kier molecular flexibility index (Phi) is 6.70. The molecule has 0 saturated heterocycles. The zero-order valence-corrected chi connectivity index (χ0v) is 11.9. The number of rotatable bonds is 8. The molecule has 0 aliphatic carbocycles. The minimum Gasteiger partial charge on any atom is -0.205 e. The number of hydrogen-bond acceptors (Lipinski definition) is 0. The van der Waals surface area contributed by atoms with E-state index in [-0.39, 0.29) is 12.5 Å². The van der Waals surface area contributed by atoms with E-state index in [1.54, 1.807) is 6.92 Å². The molecule has 0 aromatic heterocycles. The van der Waals surface area contributed by atoms with Crippen LogP contribution in [0.4, 0.5) is 52.7 Å². The molecular formula is C12H12F12. The van der Waals surface area contributed by atoms with Crippen LogP contribution in [0, 0.1) is 0 Å². The lowest BCUT2D eigenvalue weighted by Gasteiger charge is -2.36. The van der Waals surface area contributed by atoms with E-state index < -0.39 is 42.1 Å². The summed E-state index contributed by atoms with van der Waals surface area (Å²) in [6.45, 7) is 1.63. The first-order valence-corrected chi connectivity index (χ1v) is 6.42. The maximum Gasteiger partial charge on any atom is 0.460 e. The van der Waals surface area contributed by atoms with E-state index in [4.69, 9.17) is 0 Å². The second-order valence-electron chi connectivity index (χ2n) is 4.84. The third-order valence-corrected chi connectivity index (χ3v) is 2.97. The highest BCUT2D eigenvalue weighted by atomic mass is 19.4. The van der Waals surface area contributed by atoms with Gasteiger partial charge in [-0.3, -0.25) is 0 Å². The van der Waals surface area contributed by atoms with Crippen LogP contribution in [0.3, 0.4) is 0 Å². The number of hydrogen-bond donors (Lipinski definition) is 0. The van der Waals surface area contributed by atoms with Crippen LogP contribution in [-0.2, 0) is 0 Å². The van der Waals surface area contributed by atoms with Crippen molar-refractivity contribution in [1.29, 1.82) is 0 Å². The lowest BCUT2D eigenvalue weighted by atomic mass is 9.96. The van der Waals surface area contributed by atoms with E-state index in [0.717, 1.165) is 0 Å². The van der Waals surface area contributed by atoms with Crippen LogP contribution < -0.4 is 0 Å². The van der Waals surface area contributed by atoms with Gasteiger partial charge < -0.3 is 0 Å². The summed E-state index contributed by atoms with van der Waals surface area (Å²) in [5, 5.41) is 0. The van der Waals surface area contributed by atoms with Gasteiger partial charge in [-0.05, 0) is 18.9 Å². The molecule has 0 spiro atoms. The van der Waals surface area contributed by atoms with Gasteiger partial charge in [-0.15, -0.1) is 0 Å². The largest absolute Gasteiger partial charge is 0.460 e. The fourth-order valence-electron chi connectivity index (χ4n) is 1.47. The molecular weight excluding hydrogens is 372 g/mol. The summed E-state index contributed by atoms with van der Waals surface area (Å²) in [6, 6.07) is 0. The van der Waals surface area contributed by atoms with Gasteiger partial charge in [0.2, 0.25) is 0 Å². The zero-order valence-electron chi connectivity index (χ0n) is 11.9. The van der Waals surface area contributed by atoms with Crippen molar-refractivity contribution in [3.8, 4) is 0 Å². The van der Waals surface area contributed by atoms with Gasteiger partial charge in [0.15, 0.2) is 5.83 Å². The van der Waals surface area contributed by atoms with Crippen molar-refractivity contribution in [2.75, 3.05) is 0 Å². The van der Waals surface area contributed by atoms with Crippen molar-refractivity contribution >= 4 is 0 Å². The van der Waals surface area contributed by atoms with Crippen molar-refractivity contribution in [1.82, 2.24) is 0 Å². The van der Waals surface area contributed by atoms with Gasteiger partial charge in [0.25, 0.3) is 0 Å². The van der Waals surface area contributed by atoms with Crippen molar-refractivity contribution in [3.05, 3.63) is 11.9 Å². The maximum absolute atomic E-state index is 13.1. The Labute approximate surface area is 128 Å². The van der Waals surface area contributed by atoms with E-state index in [1.165, 1.54) is 0 Å². The Bertz CT molecular complexity index is 445. The van der Waals surface area contributed by atoms with Gasteiger partial charge in [0, 0.05) is 0 Å². The van der Waals surface area contributed by atoms with Crippen LogP contribution >= 0.6 is 0 Å². The lowest BCUT2D eigenvalue weighted by Crippen LogP contribution is -2.66. The average Bonchev–Trinajstić information content (AvgIpc) is 2.41. The molecule has 0 aromatic rings. The van der Waals surface area contributed by atoms with E-state index in [1.807, 2.05) is 0 Å². The Morgan fingerprint density at radius 1 is 0.708 bits per heavy atom. The topological polar surface area (TPSA) is 0 Å². The minimum absolute atomic E-state index is 0.0132. The fourth-order valence-corrected chi connectivity index (χ4v) is 1.47. The van der Waals surface area contributed by atoms with E-state index >= 15 is 0 Å². The SMILES string of the molecule is CCCCCC=C(F)C(F)(F)C(F)(F)C(F)(F)C(F)(F)C(F)(F)F. The van der Waals surface area contributed by atoms with Gasteiger partial charge >= 0.3 is 29.9 Å². The van der Waals surface area contributed by atoms with Gasteiger partial charge in [0.1, 0.15) is 0 Å². The molecule has 0 nitrogen and oxygen atoms in total. The van der Waals surface area contributed by atoms with Crippen LogP contribution in [0.5, 0.6) is 0 Å². The maximum atomic E-state index is 13.1. The second kappa shape index (κ2) is 7.03. The van der Waals surface area contributed by atoms with Gasteiger partial charge in [0.05, 0.1) is 0 Å². The molecule has 144 valence electrons. The molecule has 0 aliphatic heterocycles. The van der Waals surface area contributed by atoms with Crippen LogP contribution in [0.2, 0.25) is 0 Å². The van der Waals surface area contributed by atoms with E-state index in [0.29, 0.717) is 12.8 Å². The molecule has 0 N–H and O–H groups in total. The quantitative estimate of drug-likeness (QED) is 0.330. The van der Waals surface area contributed by atoms with Crippen LogP contribution in [-0.4, -0.2) is 29.9 Å². The van der Waals surface area contributed by atoms with Gasteiger partial charge in [-0.2, -0.15) is 48.3 Å². The minimum atomic E-state index is -7.59. The molecule has 0 aliphatic rings. The third-order valence-electron chi connectivity index (χ3n) is 2.97. The summed E-state index contributed by atoms with van der Waals surface area (Å²) in [6.07, 6.45) is -7.30. The van der Waals surface area contributed by atoms with Gasteiger partial charge in [-0.25, -0.2) is 4.39 Å². The van der Waals surface area contributed by atoms with Gasteiger partial charge in [-0.1, -0.05) is 19.8 Å². The summed E-state index contributed by atoms with van der Waals surface area (Å²) >= 11 is 0. The number of allylic oxidation sites excluding steroid dienone is 2. The number of unbranched alkanes of at least 4 members (excludes halogenated alkanes) is 3. The molecule has 0 aromatic carbocycles. The Hall–Kier alpha value is -1.10. The number of halogens is 12. The zero-order chi connectivity index (χ0) is 19.6. The average molecular weight is 384 g/mol. The molecule has 0 unspecified atom stereocenters. The molecule has 0 bridgehead atoms. The first kappa shape index (κ1) is 22.9. The highest BCUT2D eigenvalue weighted by Crippen LogP contribution is 2.58. The molecule has 0 radical (unpaired) electrons. The lowest BCUT2D eigenvalue weighted by molar-refractivity contribution is -0.419. The van der Waals surface area contributed by atoms with E-state index in [9.17, 15) is 52.7 Å². The predicted molar refractivity (Wildman–Crippen MR) is 59.2 cm³/mol. The molecule has 0 rings (SSSR count). The standard InChI is InChI=1S/C12H12F12/c1-2-3-4-5-6-7(13)8(14,15)9(16,17)10(18,19)11(20,21)12(22,23)24/h6H,2-5H2,1H3. The van der Waals surface area contributed by atoms with Crippen molar-refractivity contribution < 1.29 is 52.7 Å².